The Morgan fingerprint density at radius 2 is 1.18 bits per heavy atom. The predicted octanol–water partition coefficient (Wildman–Crippen LogP) is 8.69. The van der Waals surface area contributed by atoms with Gasteiger partial charge < -0.3 is 14.4 Å². The maximum atomic E-state index is 16.1. The molecule has 0 amide bonds. The van der Waals surface area contributed by atoms with Gasteiger partial charge in [0, 0.05) is 30.7 Å². The van der Waals surface area contributed by atoms with E-state index in [-0.39, 0.29) is 10.8 Å². The summed E-state index contributed by atoms with van der Waals surface area (Å²) in [4.78, 5) is 4.82. The van der Waals surface area contributed by atoms with E-state index < -0.39 is 13.1 Å². The lowest BCUT2D eigenvalue weighted by Gasteiger charge is -2.39. The average molecular weight is 554 g/mol. The highest BCUT2D eigenvalue weighted by Crippen LogP contribution is 2.70. The normalized spacial score (nSPS) is 16.2. The molecule has 208 valence electrons. The summed E-state index contributed by atoms with van der Waals surface area (Å²) in [5.41, 5.74) is 4.00. The maximum absolute atomic E-state index is 16.1. The van der Waals surface area contributed by atoms with E-state index in [2.05, 4.69) is 63.0 Å². The van der Waals surface area contributed by atoms with E-state index in [1.54, 1.807) is 6.20 Å². The monoisotopic (exact) mass is 553 g/mol. The summed E-state index contributed by atoms with van der Waals surface area (Å²) in [6.45, 7) is 13.9. The lowest BCUT2D eigenvalue weighted by Crippen LogP contribution is -2.26. The fourth-order valence-electron chi connectivity index (χ4n) is 5.71. The second-order valence-electron chi connectivity index (χ2n) is 12.6. The molecule has 1 unspecified atom stereocenters. The summed E-state index contributed by atoms with van der Waals surface area (Å²) in [5.74, 6) is 0.313. The van der Waals surface area contributed by atoms with Crippen molar-refractivity contribution in [1.82, 2.24) is 4.98 Å². The van der Waals surface area contributed by atoms with E-state index in [9.17, 15) is 5.11 Å². The molecule has 4 aromatic rings. The van der Waals surface area contributed by atoms with Gasteiger partial charge in [0.05, 0.1) is 5.69 Å². The highest BCUT2D eigenvalue weighted by Gasteiger charge is 2.51. The van der Waals surface area contributed by atoms with E-state index in [0.29, 0.717) is 18.8 Å². The Balaban J connectivity index is 1.85. The molecule has 40 heavy (non-hydrogen) atoms. The molecule has 1 atom stereocenters. The van der Waals surface area contributed by atoms with Gasteiger partial charge >= 0.3 is 0 Å². The molecule has 0 saturated carbocycles. The third-order valence-corrected chi connectivity index (χ3v) is 11.2. The number of anilines is 2. The van der Waals surface area contributed by atoms with E-state index in [0.717, 1.165) is 33.8 Å². The zero-order valence-corrected chi connectivity index (χ0v) is 25.3. The van der Waals surface area contributed by atoms with Gasteiger partial charge in [-0.1, -0.05) is 96.1 Å². The van der Waals surface area contributed by atoms with Gasteiger partial charge in [-0.15, -0.1) is 0 Å². The van der Waals surface area contributed by atoms with Crippen LogP contribution in [0, 0.1) is 0 Å². The molecule has 0 aliphatic carbocycles. The van der Waals surface area contributed by atoms with Crippen LogP contribution in [0.15, 0.2) is 97.2 Å². The summed E-state index contributed by atoms with van der Waals surface area (Å²) in [6.07, 6.45) is 1.78. The standard InChI is InChI=1S/C34H40N3O2P/c1-33(2,3)28-23-25(24-29(31(28)38)34(4,5)6)32(30-19-13-14-20-35-30)40(39)36(26-15-9-7-10-16-26)21-22-37(40)27-17-11-8-12-18-27/h7-20,23-24,32,38H,21-22H2,1-6H3. The van der Waals surface area contributed by atoms with Crippen LogP contribution in [0.5, 0.6) is 5.75 Å². The van der Waals surface area contributed by atoms with Crippen LogP contribution in [0.3, 0.4) is 0 Å². The Bertz CT molecular complexity index is 1420. The topological polar surface area (TPSA) is 56.7 Å². The molecule has 1 fully saturated rings. The summed E-state index contributed by atoms with van der Waals surface area (Å²) >= 11 is 0. The van der Waals surface area contributed by atoms with Crippen LogP contribution >= 0.6 is 7.44 Å². The van der Waals surface area contributed by atoms with Crippen LogP contribution in [-0.2, 0) is 15.4 Å². The molecule has 2 heterocycles. The van der Waals surface area contributed by atoms with E-state index in [1.165, 1.54) is 0 Å². The van der Waals surface area contributed by atoms with Crippen molar-refractivity contribution in [3.63, 3.8) is 0 Å². The van der Waals surface area contributed by atoms with Crippen molar-refractivity contribution in [2.45, 2.75) is 58.0 Å². The predicted molar refractivity (Wildman–Crippen MR) is 167 cm³/mol. The van der Waals surface area contributed by atoms with Crippen molar-refractivity contribution < 1.29 is 9.67 Å². The minimum atomic E-state index is -3.42. The molecular formula is C34H40N3O2P. The molecule has 1 aliphatic rings. The minimum absolute atomic E-state index is 0.313. The SMILES string of the molecule is CC(C)(C)c1cc(C(c2ccccn2)P2(=O)N(c3ccccc3)CCN2c2ccccc2)cc(C(C)(C)C)c1O. The fraction of sp³-hybridized carbons (Fsp3) is 0.324. The number of pyridine rings is 1. The van der Waals surface area contributed by atoms with Gasteiger partial charge in [-0.2, -0.15) is 0 Å². The lowest BCUT2D eigenvalue weighted by atomic mass is 9.78. The Labute approximate surface area is 239 Å². The number of phenols is 1. The summed E-state index contributed by atoms with van der Waals surface area (Å²) in [7, 11) is -3.42. The molecule has 3 aromatic carbocycles. The van der Waals surface area contributed by atoms with Crippen LogP contribution in [0.1, 0.15) is 69.6 Å². The van der Waals surface area contributed by atoms with Gasteiger partial charge in [0.15, 0.2) is 0 Å². The van der Waals surface area contributed by atoms with Crippen LogP contribution in [0.4, 0.5) is 11.4 Å². The van der Waals surface area contributed by atoms with Gasteiger partial charge in [0.25, 0.3) is 7.44 Å². The van der Waals surface area contributed by atoms with Gasteiger partial charge in [-0.3, -0.25) is 9.55 Å². The van der Waals surface area contributed by atoms with Gasteiger partial charge in [-0.05, 0) is 63.9 Å². The molecule has 0 bridgehead atoms. The molecular weight excluding hydrogens is 513 g/mol. The zero-order valence-electron chi connectivity index (χ0n) is 24.4. The summed E-state index contributed by atoms with van der Waals surface area (Å²) in [6, 6.07) is 30.1. The largest absolute Gasteiger partial charge is 0.507 e. The molecule has 5 nitrogen and oxygen atoms in total. The number of hydrogen-bond acceptors (Lipinski definition) is 3. The minimum Gasteiger partial charge on any atom is -0.507 e. The van der Waals surface area contributed by atoms with Crippen LogP contribution in [0.25, 0.3) is 0 Å². The molecule has 0 spiro atoms. The molecule has 6 heteroatoms. The smallest absolute Gasteiger partial charge is 0.276 e. The second kappa shape index (κ2) is 10.4. The first-order valence-corrected chi connectivity index (χ1v) is 15.6. The van der Waals surface area contributed by atoms with Crippen molar-refractivity contribution in [2.24, 2.45) is 0 Å². The van der Waals surface area contributed by atoms with Crippen LogP contribution < -0.4 is 9.34 Å². The van der Waals surface area contributed by atoms with Crippen molar-refractivity contribution in [2.75, 3.05) is 22.4 Å². The quantitative estimate of drug-likeness (QED) is 0.251. The number of hydrogen-bond donors (Lipinski definition) is 1. The number of rotatable bonds is 5. The zero-order chi connectivity index (χ0) is 28.7. The van der Waals surface area contributed by atoms with Crippen molar-refractivity contribution in [3.8, 4) is 5.75 Å². The maximum Gasteiger partial charge on any atom is 0.276 e. The van der Waals surface area contributed by atoms with E-state index >= 15 is 4.57 Å². The molecule has 0 radical (unpaired) electrons. The molecule has 1 aromatic heterocycles. The Hall–Kier alpha value is -3.56. The molecule has 1 N–H and O–H groups in total. The average Bonchev–Trinajstić information content (AvgIpc) is 3.27. The first-order chi connectivity index (χ1) is 18.9. The fourth-order valence-corrected chi connectivity index (χ4v) is 9.24. The number of para-hydroxylation sites is 2. The van der Waals surface area contributed by atoms with E-state index in [4.69, 9.17) is 4.98 Å². The van der Waals surface area contributed by atoms with Gasteiger partial charge in [-0.25, -0.2) is 0 Å². The van der Waals surface area contributed by atoms with E-state index in [1.807, 2.05) is 78.9 Å². The Kier molecular flexibility index (Phi) is 7.31. The van der Waals surface area contributed by atoms with Crippen LogP contribution in [-0.4, -0.2) is 23.2 Å². The number of aromatic hydroxyl groups is 1. The van der Waals surface area contributed by atoms with Crippen molar-refractivity contribution >= 4 is 18.8 Å². The second-order valence-corrected chi connectivity index (χ2v) is 15.3. The number of phenolic OH excluding ortho intramolecular Hbond substituents is 1. The number of aromatic nitrogens is 1. The molecule has 5 rings (SSSR count). The highest BCUT2D eigenvalue weighted by atomic mass is 31.2. The summed E-state index contributed by atoms with van der Waals surface area (Å²) in [5, 5.41) is 11.5. The Morgan fingerprint density at radius 1 is 0.725 bits per heavy atom. The number of nitrogens with zero attached hydrogens (tertiary/aromatic N) is 3. The Morgan fingerprint density at radius 3 is 1.57 bits per heavy atom. The number of benzene rings is 3. The third kappa shape index (κ3) is 5.04. The molecule has 1 aliphatic heterocycles. The first-order valence-electron chi connectivity index (χ1n) is 14.0. The van der Waals surface area contributed by atoms with Crippen LogP contribution in [0.2, 0.25) is 0 Å². The lowest BCUT2D eigenvalue weighted by molar-refractivity contribution is 0.422. The molecule has 1 saturated heterocycles. The third-order valence-electron chi connectivity index (χ3n) is 7.69. The van der Waals surface area contributed by atoms with Crippen molar-refractivity contribution in [1.29, 1.82) is 0 Å². The first kappa shape index (κ1) is 28.0. The van der Waals surface area contributed by atoms with Gasteiger partial charge in [0.1, 0.15) is 11.4 Å². The summed E-state index contributed by atoms with van der Waals surface area (Å²) < 4.78 is 20.3. The van der Waals surface area contributed by atoms with Crippen molar-refractivity contribution in [3.05, 3.63) is 120 Å². The highest BCUT2D eigenvalue weighted by molar-refractivity contribution is 7.68. The van der Waals surface area contributed by atoms with Gasteiger partial charge in [0.2, 0.25) is 0 Å².